The van der Waals surface area contributed by atoms with Gasteiger partial charge in [0.05, 0.1) is 5.39 Å². The minimum absolute atomic E-state index is 0.690. The Labute approximate surface area is 122 Å². The minimum atomic E-state index is 0.690. The largest absolute Gasteiger partial charge is 0.366 e. The maximum absolute atomic E-state index is 4.40. The first-order chi connectivity index (χ1) is 9.81. The van der Waals surface area contributed by atoms with Crippen LogP contribution < -0.4 is 5.32 Å². The highest BCUT2D eigenvalue weighted by atomic mass is 32.1. The van der Waals surface area contributed by atoms with E-state index >= 15 is 0 Å². The van der Waals surface area contributed by atoms with Gasteiger partial charge in [0.25, 0.3) is 0 Å². The Morgan fingerprint density at radius 1 is 1.25 bits per heavy atom. The van der Waals surface area contributed by atoms with Crippen LogP contribution in [0, 0.1) is 6.92 Å². The average Bonchev–Trinajstić information content (AvgIpc) is 2.82. The summed E-state index contributed by atoms with van der Waals surface area (Å²) < 4.78 is 0. The Kier molecular flexibility index (Phi) is 3.48. The predicted molar refractivity (Wildman–Crippen MR) is 86.3 cm³/mol. The molecule has 1 N–H and O–H groups in total. The van der Waals surface area contributed by atoms with E-state index in [4.69, 9.17) is 0 Å². The summed E-state index contributed by atoms with van der Waals surface area (Å²) >= 11 is 1.70. The number of nitrogens with zero attached hydrogens (tertiary/aromatic N) is 2. The topological polar surface area (TPSA) is 37.8 Å². The quantitative estimate of drug-likeness (QED) is 0.726. The van der Waals surface area contributed by atoms with E-state index in [1.165, 1.54) is 16.0 Å². The van der Waals surface area contributed by atoms with Gasteiger partial charge < -0.3 is 5.32 Å². The van der Waals surface area contributed by atoms with Gasteiger partial charge in [0.15, 0.2) is 0 Å². The highest BCUT2D eigenvalue weighted by Gasteiger charge is 2.15. The van der Waals surface area contributed by atoms with Gasteiger partial charge in [0.2, 0.25) is 0 Å². The summed E-state index contributed by atoms with van der Waals surface area (Å²) in [6.45, 7) is 6.56. The Morgan fingerprint density at radius 3 is 2.80 bits per heavy atom. The molecule has 0 saturated carbocycles. The van der Waals surface area contributed by atoms with Gasteiger partial charge in [-0.2, -0.15) is 0 Å². The van der Waals surface area contributed by atoms with Crippen molar-refractivity contribution in [1.82, 2.24) is 9.97 Å². The number of rotatable bonds is 4. The number of aryl methyl sites for hydroxylation is 1. The number of thiophene rings is 1. The fourth-order valence-electron chi connectivity index (χ4n) is 2.30. The second kappa shape index (κ2) is 5.43. The van der Waals surface area contributed by atoms with Gasteiger partial charge in [-0.15, -0.1) is 17.9 Å². The molecule has 0 bridgehead atoms. The summed E-state index contributed by atoms with van der Waals surface area (Å²) in [5.41, 5.74) is 2.42. The van der Waals surface area contributed by atoms with E-state index < -0.39 is 0 Å². The maximum atomic E-state index is 4.40. The lowest BCUT2D eigenvalue weighted by molar-refractivity contribution is 1.19. The van der Waals surface area contributed by atoms with Crippen molar-refractivity contribution in [3.8, 4) is 11.1 Å². The standard InChI is InChI=1S/C16H15N3S/c1-3-9-17-15-14-13(12-7-5-4-6-8-12)11(2)20-16(14)19-10-18-15/h3-8,10H,1,9H2,2H3,(H,17,18,19). The first-order valence-corrected chi connectivity index (χ1v) is 7.27. The Balaban J connectivity index is 2.25. The molecular weight excluding hydrogens is 266 g/mol. The van der Waals surface area contributed by atoms with Gasteiger partial charge >= 0.3 is 0 Å². The zero-order chi connectivity index (χ0) is 13.9. The molecule has 4 heteroatoms. The van der Waals surface area contributed by atoms with Crippen molar-refractivity contribution in [2.45, 2.75) is 6.92 Å². The number of anilines is 1. The van der Waals surface area contributed by atoms with Crippen LogP contribution in [0.15, 0.2) is 49.3 Å². The van der Waals surface area contributed by atoms with Crippen LogP contribution in [0.2, 0.25) is 0 Å². The van der Waals surface area contributed by atoms with Crippen molar-refractivity contribution >= 4 is 27.4 Å². The minimum Gasteiger partial charge on any atom is -0.366 e. The number of aromatic nitrogens is 2. The van der Waals surface area contributed by atoms with E-state index in [1.54, 1.807) is 17.7 Å². The first kappa shape index (κ1) is 12.8. The monoisotopic (exact) mass is 281 g/mol. The molecule has 3 aromatic rings. The number of benzene rings is 1. The lowest BCUT2D eigenvalue weighted by Gasteiger charge is -2.07. The lowest BCUT2D eigenvalue weighted by atomic mass is 10.0. The smallest absolute Gasteiger partial charge is 0.139 e. The van der Waals surface area contributed by atoms with E-state index in [2.05, 4.69) is 53.1 Å². The number of nitrogens with one attached hydrogen (secondary N) is 1. The number of hydrogen-bond donors (Lipinski definition) is 1. The van der Waals surface area contributed by atoms with Crippen LogP contribution in [0.25, 0.3) is 21.3 Å². The van der Waals surface area contributed by atoms with Crippen molar-refractivity contribution < 1.29 is 0 Å². The first-order valence-electron chi connectivity index (χ1n) is 6.45. The van der Waals surface area contributed by atoms with Gasteiger partial charge in [0.1, 0.15) is 17.0 Å². The predicted octanol–water partition coefficient (Wildman–Crippen LogP) is 4.26. The lowest BCUT2D eigenvalue weighted by Crippen LogP contribution is -2.01. The molecule has 3 nitrogen and oxygen atoms in total. The highest BCUT2D eigenvalue weighted by Crippen LogP contribution is 2.40. The zero-order valence-electron chi connectivity index (χ0n) is 11.3. The fourth-order valence-corrected chi connectivity index (χ4v) is 3.31. The van der Waals surface area contributed by atoms with Crippen LogP contribution in [0.1, 0.15) is 4.88 Å². The third kappa shape index (κ3) is 2.18. The highest BCUT2D eigenvalue weighted by molar-refractivity contribution is 7.19. The molecule has 2 aromatic heterocycles. The molecule has 0 aliphatic carbocycles. The molecule has 100 valence electrons. The molecule has 3 rings (SSSR count). The molecule has 0 radical (unpaired) electrons. The van der Waals surface area contributed by atoms with Crippen molar-refractivity contribution in [1.29, 1.82) is 0 Å². The van der Waals surface area contributed by atoms with Crippen molar-refractivity contribution in [2.75, 3.05) is 11.9 Å². The molecule has 0 atom stereocenters. The summed E-state index contributed by atoms with van der Waals surface area (Å²) in [6.07, 6.45) is 3.44. The Hall–Kier alpha value is -2.20. The van der Waals surface area contributed by atoms with Crippen molar-refractivity contribution in [3.63, 3.8) is 0 Å². The number of hydrogen-bond acceptors (Lipinski definition) is 4. The fraction of sp³-hybridized carbons (Fsp3) is 0.125. The molecule has 0 aliphatic rings. The van der Waals surface area contributed by atoms with Gasteiger partial charge in [-0.05, 0) is 12.5 Å². The summed E-state index contributed by atoms with van der Waals surface area (Å²) in [5.74, 6) is 0.873. The van der Waals surface area contributed by atoms with Crippen LogP contribution in [0.3, 0.4) is 0 Å². The molecule has 0 unspecified atom stereocenters. The second-order valence-electron chi connectivity index (χ2n) is 4.47. The third-order valence-corrected chi connectivity index (χ3v) is 4.15. The maximum Gasteiger partial charge on any atom is 0.139 e. The third-order valence-electron chi connectivity index (χ3n) is 3.14. The Bertz CT molecular complexity index is 747. The summed E-state index contributed by atoms with van der Waals surface area (Å²) in [4.78, 5) is 11.1. The van der Waals surface area contributed by atoms with Crippen LogP contribution in [-0.4, -0.2) is 16.5 Å². The molecular formula is C16H15N3S. The number of fused-ring (bicyclic) bond motifs is 1. The second-order valence-corrected chi connectivity index (χ2v) is 5.67. The molecule has 0 saturated heterocycles. The van der Waals surface area contributed by atoms with E-state index in [0.29, 0.717) is 6.54 Å². The molecule has 0 aliphatic heterocycles. The van der Waals surface area contributed by atoms with E-state index in [0.717, 1.165) is 16.0 Å². The van der Waals surface area contributed by atoms with Crippen LogP contribution in [-0.2, 0) is 0 Å². The summed E-state index contributed by atoms with van der Waals surface area (Å²) in [7, 11) is 0. The SMILES string of the molecule is C=CCNc1ncnc2sc(C)c(-c3ccccc3)c12. The van der Waals surface area contributed by atoms with E-state index in [9.17, 15) is 0 Å². The molecule has 2 heterocycles. The van der Waals surface area contributed by atoms with E-state index in [-0.39, 0.29) is 0 Å². The molecule has 0 amide bonds. The summed E-state index contributed by atoms with van der Waals surface area (Å²) in [5, 5.41) is 4.40. The Morgan fingerprint density at radius 2 is 2.05 bits per heavy atom. The van der Waals surface area contributed by atoms with Crippen molar-refractivity contribution in [3.05, 3.63) is 54.2 Å². The summed E-state index contributed by atoms with van der Waals surface area (Å²) in [6, 6.07) is 10.4. The van der Waals surface area contributed by atoms with Crippen molar-refractivity contribution in [2.24, 2.45) is 0 Å². The van der Waals surface area contributed by atoms with Gasteiger partial charge in [-0.25, -0.2) is 9.97 Å². The molecule has 0 spiro atoms. The van der Waals surface area contributed by atoms with E-state index in [1.807, 2.05) is 12.1 Å². The molecule has 20 heavy (non-hydrogen) atoms. The normalized spacial score (nSPS) is 10.7. The average molecular weight is 281 g/mol. The van der Waals surface area contributed by atoms with Gasteiger partial charge in [-0.1, -0.05) is 36.4 Å². The van der Waals surface area contributed by atoms with Crippen LogP contribution >= 0.6 is 11.3 Å². The van der Waals surface area contributed by atoms with Crippen LogP contribution in [0.5, 0.6) is 0 Å². The van der Waals surface area contributed by atoms with Crippen LogP contribution in [0.4, 0.5) is 5.82 Å². The molecule has 1 aromatic carbocycles. The molecule has 0 fully saturated rings. The zero-order valence-corrected chi connectivity index (χ0v) is 12.1. The van der Waals surface area contributed by atoms with Gasteiger partial charge in [0, 0.05) is 17.0 Å². The van der Waals surface area contributed by atoms with Gasteiger partial charge in [-0.3, -0.25) is 0 Å².